The van der Waals surface area contributed by atoms with E-state index < -0.39 is 35.1 Å². The Morgan fingerprint density at radius 3 is 2.02 bits per heavy atom. The Labute approximate surface area is 258 Å². The van der Waals surface area contributed by atoms with Crippen LogP contribution in [-0.2, 0) is 16.6 Å². The number of alkyl halides is 4. The van der Waals surface area contributed by atoms with Crippen molar-refractivity contribution in [2.24, 2.45) is 5.73 Å². The largest absolute Gasteiger partial charge is 0.504 e. The van der Waals surface area contributed by atoms with Crippen molar-refractivity contribution in [1.82, 2.24) is 5.32 Å². The van der Waals surface area contributed by atoms with Gasteiger partial charge in [0.25, 0.3) is 11.8 Å². The molecule has 14 heteroatoms. The van der Waals surface area contributed by atoms with Crippen molar-refractivity contribution in [3.8, 4) is 17.2 Å². The van der Waals surface area contributed by atoms with E-state index >= 15 is 0 Å². The first-order valence-corrected chi connectivity index (χ1v) is 14.2. The number of unbranched alkanes of at least 4 members (excludes halogenated alkanes) is 1. The minimum Gasteiger partial charge on any atom is -0.504 e. The number of rotatable bonds is 15. The molecule has 8 N–H and O–H groups in total. The number of phenolic OH excluding ortho intramolecular Hbond substituents is 1. The fourth-order valence-electron chi connectivity index (χ4n) is 4.14. The summed E-state index contributed by atoms with van der Waals surface area (Å²) in [6, 6.07) is 11.0. The second kappa shape index (κ2) is 15.4. The van der Waals surface area contributed by atoms with Crippen LogP contribution >= 0.6 is 0 Å². The van der Waals surface area contributed by atoms with Gasteiger partial charge >= 0.3 is 6.03 Å². The second-order valence-electron chi connectivity index (χ2n) is 10.5. The average Bonchev–Trinajstić information content (AvgIpc) is 2.96. The highest BCUT2D eigenvalue weighted by Crippen LogP contribution is 2.39. The summed E-state index contributed by atoms with van der Waals surface area (Å²) in [7, 11) is 1.78. The quantitative estimate of drug-likeness (QED) is 0.0555. The van der Waals surface area contributed by atoms with E-state index in [-0.39, 0.29) is 40.5 Å². The molecule has 0 spiro atoms. The maximum Gasteiger partial charge on any atom is 0.323 e. The molecule has 0 aromatic heterocycles. The number of halogens is 4. The van der Waals surface area contributed by atoms with Gasteiger partial charge in [-0.15, -0.1) is 0 Å². The van der Waals surface area contributed by atoms with E-state index in [1.54, 1.807) is 13.1 Å². The van der Waals surface area contributed by atoms with E-state index in [2.05, 4.69) is 26.6 Å². The molecular formula is C31H38F4N6O4. The van der Waals surface area contributed by atoms with Crippen LogP contribution < -0.4 is 37.1 Å². The Kier molecular flexibility index (Phi) is 12.0. The van der Waals surface area contributed by atoms with Crippen molar-refractivity contribution in [2.45, 2.75) is 45.0 Å². The lowest BCUT2D eigenvalue weighted by atomic mass is 10.1. The molecule has 244 valence electrons. The van der Waals surface area contributed by atoms with Gasteiger partial charge in [-0.05, 0) is 75.0 Å². The van der Waals surface area contributed by atoms with Crippen molar-refractivity contribution in [1.29, 1.82) is 0 Å². The number of anilines is 4. The minimum atomic E-state index is -3.34. The standard InChI is InChI=1S/C31H38F4N6O4/c1-30(32,33)19-14-22(38-13-11-36)18-24(15-19)45-23-9-7-21(8-10-23)39-29(44)41-26-17-20(31(2,34)35)16-25(28(26)43)40-27(42)6-4-5-12-37-3/h7-10,14-18,37-38,43H,4-6,11-13,36H2,1-3H3,(H,40,42)(H2,39,41,44). The van der Waals surface area contributed by atoms with Crippen molar-refractivity contribution in [3.63, 3.8) is 0 Å². The third kappa shape index (κ3) is 10.8. The summed E-state index contributed by atoms with van der Waals surface area (Å²) in [6.07, 6.45) is 1.38. The smallest absolute Gasteiger partial charge is 0.323 e. The Morgan fingerprint density at radius 1 is 0.800 bits per heavy atom. The van der Waals surface area contributed by atoms with Gasteiger partial charge in [-0.25, -0.2) is 22.4 Å². The van der Waals surface area contributed by atoms with Crippen molar-refractivity contribution in [2.75, 3.05) is 47.9 Å². The molecule has 0 radical (unpaired) electrons. The van der Waals surface area contributed by atoms with Gasteiger partial charge < -0.3 is 42.2 Å². The number of amides is 3. The summed E-state index contributed by atoms with van der Waals surface area (Å²) in [5.74, 6) is -7.09. The predicted octanol–water partition coefficient (Wildman–Crippen LogP) is 6.75. The Hall–Kier alpha value is -4.56. The van der Waals surface area contributed by atoms with E-state index in [1.807, 2.05) is 0 Å². The average molecular weight is 635 g/mol. The molecule has 3 rings (SSSR count). The number of hydrogen-bond acceptors (Lipinski definition) is 7. The van der Waals surface area contributed by atoms with Crippen LogP contribution in [0.3, 0.4) is 0 Å². The van der Waals surface area contributed by atoms with E-state index in [4.69, 9.17) is 10.5 Å². The van der Waals surface area contributed by atoms with Gasteiger partial charge in [0.2, 0.25) is 5.91 Å². The van der Waals surface area contributed by atoms with Gasteiger partial charge in [0.15, 0.2) is 5.75 Å². The number of phenols is 1. The molecule has 0 atom stereocenters. The van der Waals surface area contributed by atoms with Crippen LogP contribution in [0.2, 0.25) is 0 Å². The van der Waals surface area contributed by atoms with Crippen LogP contribution in [0.5, 0.6) is 17.2 Å². The summed E-state index contributed by atoms with van der Waals surface area (Å²) in [4.78, 5) is 25.1. The van der Waals surface area contributed by atoms with E-state index in [0.29, 0.717) is 38.7 Å². The first kappa shape index (κ1) is 34.9. The highest BCUT2D eigenvalue weighted by Gasteiger charge is 2.28. The fourth-order valence-corrected chi connectivity index (χ4v) is 4.14. The zero-order valence-corrected chi connectivity index (χ0v) is 25.2. The molecule has 0 fully saturated rings. The van der Waals surface area contributed by atoms with Gasteiger partial charge in [-0.1, -0.05) is 0 Å². The zero-order valence-electron chi connectivity index (χ0n) is 25.2. The van der Waals surface area contributed by atoms with Crippen LogP contribution in [-0.4, -0.2) is 43.7 Å². The zero-order chi connectivity index (χ0) is 33.2. The Balaban J connectivity index is 1.72. The summed E-state index contributed by atoms with van der Waals surface area (Å²) in [6.45, 7) is 2.81. The van der Waals surface area contributed by atoms with Crippen molar-refractivity contribution in [3.05, 3.63) is 65.7 Å². The first-order chi connectivity index (χ1) is 21.2. The van der Waals surface area contributed by atoms with Crippen molar-refractivity contribution >= 4 is 34.7 Å². The molecule has 3 amide bonds. The minimum absolute atomic E-state index is 0.111. The molecule has 0 aliphatic carbocycles. The van der Waals surface area contributed by atoms with Crippen molar-refractivity contribution < 1.29 is 37.0 Å². The van der Waals surface area contributed by atoms with Gasteiger partial charge in [-0.3, -0.25) is 4.79 Å². The van der Waals surface area contributed by atoms with Gasteiger partial charge in [0.05, 0.1) is 11.4 Å². The number of urea groups is 1. The molecule has 0 heterocycles. The topological polar surface area (TPSA) is 150 Å². The molecule has 0 saturated carbocycles. The summed E-state index contributed by atoms with van der Waals surface area (Å²) in [5, 5.41) is 23.9. The Bertz CT molecular complexity index is 1460. The van der Waals surface area contributed by atoms with Crippen LogP contribution in [0.4, 0.5) is 45.1 Å². The Morgan fingerprint density at radius 2 is 1.42 bits per heavy atom. The second-order valence-corrected chi connectivity index (χ2v) is 10.5. The molecule has 0 aliphatic heterocycles. The maximum atomic E-state index is 14.2. The summed E-state index contributed by atoms with van der Waals surface area (Å²) < 4.78 is 62.3. The lowest BCUT2D eigenvalue weighted by Gasteiger charge is -2.18. The normalized spacial score (nSPS) is 11.6. The number of aromatic hydroxyl groups is 1. The molecule has 0 bridgehead atoms. The first-order valence-electron chi connectivity index (χ1n) is 14.2. The van der Waals surface area contributed by atoms with Gasteiger partial charge in [-0.2, -0.15) is 0 Å². The third-order valence-electron chi connectivity index (χ3n) is 6.45. The van der Waals surface area contributed by atoms with E-state index in [9.17, 15) is 32.3 Å². The van der Waals surface area contributed by atoms with Crippen LogP contribution in [0.25, 0.3) is 0 Å². The number of benzene rings is 3. The number of carbonyl (C=O) groups is 2. The SMILES string of the molecule is CNCCCCC(=O)Nc1cc(C(C)(F)F)cc(NC(=O)Nc2ccc(Oc3cc(NCCN)cc(C(C)(F)F)c3)cc2)c1O. The van der Waals surface area contributed by atoms with Crippen LogP contribution in [0.15, 0.2) is 54.6 Å². The number of hydrogen-bond donors (Lipinski definition) is 7. The molecule has 3 aromatic rings. The number of nitrogens with two attached hydrogens (primary N) is 1. The molecular weight excluding hydrogens is 596 g/mol. The number of nitrogens with one attached hydrogen (secondary N) is 5. The molecule has 3 aromatic carbocycles. The molecule has 0 aliphatic rings. The van der Waals surface area contributed by atoms with Crippen LogP contribution in [0, 0.1) is 0 Å². The highest BCUT2D eigenvalue weighted by atomic mass is 19.3. The molecule has 0 saturated heterocycles. The summed E-state index contributed by atoms with van der Waals surface area (Å²) >= 11 is 0. The highest BCUT2D eigenvalue weighted by molar-refractivity contribution is 6.02. The number of ether oxygens (including phenoxy) is 1. The lowest BCUT2D eigenvalue weighted by molar-refractivity contribution is -0.116. The molecule has 10 nitrogen and oxygen atoms in total. The monoisotopic (exact) mass is 634 g/mol. The lowest BCUT2D eigenvalue weighted by Crippen LogP contribution is -2.21. The summed E-state index contributed by atoms with van der Waals surface area (Å²) in [5.41, 5.74) is 4.77. The van der Waals surface area contributed by atoms with Crippen LogP contribution in [0.1, 0.15) is 44.2 Å². The van der Waals surface area contributed by atoms with Gasteiger partial charge in [0.1, 0.15) is 11.5 Å². The third-order valence-corrected chi connectivity index (χ3v) is 6.45. The fraction of sp³-hybridized carbons (Fsp3) is 0.355. The maximum absolute atomic E-state index is 14.2. The molecule has 0 unspecified atom stereocenters. The van der Waals surface area contributed by atoms with Gasteiger partial charge in [0, 0.05) is 61.9 Å². The molecule has 45 heavy (non-hydrogen) atoms. The predicted molar refractivity (Wildman–Crippen MR) is 167 cm³/mol. The number of carbonyl (C=O) groups excluding carboxylic acids is 2. The van der Waals surface area contributed by atoms with E-state index in [0.717, 1.165) is 25.5 Å². The van der Waals surface area contributed by atoms with E-state index in [1.165, 1.54) is 36.4 Å².